The lowest BCUT2D eigenvalue weighted by atomic mass is 9.92. The predicted molar refractivity (Wildman–Crippen MR) is 117 cm³/mol. The number of rotatable bonds is 4. The molecule has 0 radical (unpaired) electrons. The molecule has 0 bridgehead atoms. The van der Waals surface area contributed by atoms with Gasteiger partial charge in [0.1, 0.15) is 6.10 Å². The van der Waals surface area contributed by atoms with Gasteiger partial charge in [0.2, 0.25) is 0 Å². The van der Waals surface area contributed by atoms with Crippen LogP contribution in [0.4, 0.5) is 0 Å². The van der Waals surface area contributed by atoms with E-state index in [1.807, 2.05) is 11.0 Å². The number of fused-ring (bicyclic) bond motifs is 1. The molecule has 2 aromatic heterocycles. The maximum absolute atomic E-state index is 12.9. The lowest BCUT2D eigenvalue weighted by Crippen LogP contribution is -2.38. The smallest absolute Gasteiger partial charge is 0.272 e. The Hall–Kier alpha value is -2.19. The number of hydrogen-bond acceptors (Lipinski definition) is 5. The Bertz CT molecular complexity index is 998. The summed E-state index contributed by atoms with van der Waals surface area (Å²) in [4.78, 5) is 35.1. The Labute approximate surface area is 182 Å². The summed E-state index contributed by atoms with van der Waals surface area (Å²) in [7, 11) is 0. The van der Waals surface area contributed by atoms with E-state index < -0.39 is 0 Å². The molecule has 3 fully saturated rings. The van der Waals surface area contributed by atoms with Gasteiger partial charge in [0.05, 0.1) is 17.4 Å². The first kappa shape index (κ1) is 20.7. The van der Waals surface area contributed by atoms with Crippen LogP contribution in [0, 0.1) is 0 Å². The molecule has 2 atom stereocenters. The highest BCUT2D eigenvalue weighted by atomic mass is 16.5. The highest BCUT2D eigenvalue weighted by molar-refractivity contribution is 5.82. The summed E-state index contributed by atoms with van der Waals surface area (Å²) < 4.78 is 7.15. The van der Waals surface area contributed by atoms with Crippen LogP contribution in [0.15, 0.2) is 16.9 Å². The maximum Gasteiger partial charge on any atom is 0.272 e. The fraction of sp³-hybridized carbons (Fsp3) is 0.696. The molecule has 31 heavy (non-hydrogen) atoms. The average molecular weight is 428 g/mol. The summed E-state index contributed by atoms with van der Waals surface area (Å²) in [6, 6.07) is 4.16. The fourth-order valence-electron chi connectivity index (χ4n) is 5.43. The van der Waals surface area contributed by atoms with Crippen LogP contribution in [-0.2, 0) is 9.53 Å². The number of nitrogens with one attached hydrogen (secondary N) is 1. The standard InChI is InChI=1S/C23H33N5O3/c1-15(2)26-10-7-16(8-11-26)17-14-22(29)28-21(24-17)13-18(25-28)19-5-3-9-27(19)23(30)20-6-4-12-31-20/h13-16,19-20,25H,3-12H2,1-2H3/t19-,20+/m0/s1. The quantitative estimate of drug-likeness (QED) is 0.810. The van der Waals surface area contributed by atoms with Crippen LogP contribution >= 0.6 is 0 Å². The Morgan fingerprint density at radius 3 is 2.65 bits per heavy atom. The van der Waals surface area contributed by atoms with Crippen LogP contribution < -0.4 is 5.56 Å². The molecule has 0 aliphatic carbocycles. The first-order chi connectivity index (χ1) is 15.0. The monoisotopic (exact) mass is 427 g/mol. The summed E-state index contributed by atoms with van der Waals surface area (Å²) in [5.41, 5.74) is 2.37. The third-order valence-electron chi connectivity index (χ3n) is 7.27. The molecule has 2 aromatic rings. The van der Waals surface area contributed by atoms with Crippen LogP contribution in [0.1, 0.15) is 75.7 Å². The Morgan fingerprint density at radius 2 is 1.94 bits per heavy atom. The van der Waals surface area contributed by atoms with E-state index in [2.05, 4.69) is 23.8 Å². The summed E-state index contributed by atoms with van der Waals surface area (Å²) in [5, 5.41) is 3.23. The normalized spacial score (nSPS) is 25.8. The topological polar surface area (TPSA) is 82.9 Å². The lowest BCUT2D eigenvalue weighted by Gasteiger charge is -2.34. The van der Waals surface area contributed by atoms with Gasteiger partial charge in [-0.25, -0.2) is 9.50 Å². The fourth-order valence-corrected chi connectivity index (χ4v) is 5.43. The maximum atomic E-state index is 12.9. The van der Waals surface area contributed by atoms with Gasteiger partial charge in [-0.15, -0.1) is 0 Å². The number of hydrogen-bond donors (Lipinski definition) is 1. The van der Waals surface area contributed by atoms with Crippen molar-refractivity contribution in [2.75, 3.05) is 26.2 Å². The molecule has 8 nitrogen and oxygen atoms in total. The van der Waals surface area contributed by atoms with E-state index in [1.54, 1.807) is 6.07 Å². The molecule has 3 aliphatic rings. The SMILES string of the molecule is CC(C)N1CCC(c2cc(=O)n3[nH]c([C@@H]4CCCN4C(=O)[C@H]4CCCO4)cc3n2)CC1. The van der Waals surface area contributed by atoms with Gasteiger partial charge in [-0.2, -0.15) is 0 Å². The first-order valence-corrected chi connectivity index (χ1v) is 11.8. The van der Waals surface area contributed by atoms with Crippen LogP contribution in [0.25, 0.3) is 5.65 Å². The molecule has 0 saturated carbocycles. The van der Waals surface area contributed by atoms with E-state index in [1.165, 1.54) is 4.52 Å². The van der Waals surface area contributed by atoms with Crippen molar-refractivity contribution in [3.8, 4) is 0 Å². The largest absolute Gasteiger partial charge is 0.368 e. The third kappa shape index (κ3) is 3.91. The number of carbonyl (C=O) groups is 1. The first-order valence-electron chi connectivity index (χ1n) is 11.8. The molecule has 5 heterocycles. The van der Waals surface area contributed by atoms with Gasteiger partial charge in [-0.3, -0.25) is 14.7 Å². The molecule has 1 N–H and O–H groups in total. The van der Waals surface area contributed by atoms with Crippen molar-refractivity contribution in [2.45, 2.75) is 76.5 Å². The van der Waals surface area contributed by atoms with Crippen LogP contribution in [0.2, 0.25) is 0 Å². The molecule has 168 valence electrons. The average Bonchev–Trinajstić information content (AvgIpc) is 3.53. The second kappa shape index (κ2) is 8.39. The molecule has 5 rings (SSSR count). The Balaban J connectivity index is 1.38. The summed E-state index contributed by atoms with van der Waals surface area (Å²) >= 11 is 0. The number of amides is 1. The number of aromatic amines is 1. The van der Waals surface area contributed by atoms with Crippen molar-refractivity contribution in [2.24, 2.45) is 0 Å². The molecule has 8 heteroatoms. The summed E-state index contributed by atoms with van der Waals surface area (Å²) in [6.07, 6.45) is 5.35. The second-order valence-electron chi connectivity index (χ2n) is 9.52. The molecule has 0 aromatic carbocycles. The molecular weight excluding hydrogens is 394 g/mol. The zero-order valence-corrected chi connectivity index (χ0v) is 18.5. The minimum atomic E-state index is -0.311. The molecule has 0 spiro atoms. The van der Waals surface area contributed by atoms with Crippen molar-refractivity contribution in [3.63, 3.8) is 0 Å². The number of likely N-dealkylation sites (tertiary alicyclic amines) is 2. The van der Waals surface area contributed by atoms with E-state index in [-0.39, 0.29) is 23.6 Å². The minimum Gasteiger partial charge on any atom is -0.368 e. The van der Waals surface area contributed by atoms with E-state index >= 15 is 0 Å². The van der Waals surface area contributed by atoms with Gasteiger partial charge in [-0.1, -0.05) is 0 Å². The number of nitrogens with zero attached hydrogens (tertiary/aromatic N) is 4. The van der Waals surface area contributed by atoms with Gasteiger partial charge < -0.3 is 14.5 Å². The number of aromatic nitrogens is 3. The molecule has 3 saturated heterocycles. The zero-order chi connectivity index (χ0) is 21.5. The second-order valence-corrected chi connectivity index (χ2v) is 9.52. The summed E-state index contributed by atoms with van der Waals surface area (Å²) in [6.45, 7) is 7.96. The highest BCUT2D eigenvalue weighted by Crippen LogP contribution is 2.34. The minimum absolute atomic E-state index is 0.0458. The van der Waals surface area contributed by atoms with E-state index in [9.17, 15) is 9.59 Å². The molecular formula is C23H33N5O3. The number of ether oxygens (including phenoxy) is 1. The van der Waals surface area contributed by atoms with E-state index in [4.69, 9.17) is 9.72 Å². The Morgan fingerprint density at radius 1 is 1.13 bits per heavy atom. The van der Waals surface area contributed by atoms with Crippen LogP contribution in [-0.4, -0.2) is 68.7 Å². The lowest BCUT2D eigenvalue weighted by molar-refractivity contribution is -0.142. The Kier molecular flexibility index (Phi) is 5.60. The number of piperidine rings is 1. The molecule has 1 amide bonds. The van der Waals surface area contributed by atoms with E-state index in [0.717, 1.165) is 69.5 Å². The van der Waals surface area contributed by atoms with Crippen molar-refractivity contribution in [1.82, 2.24) is 24.4 Å². The van der Waals surface area contributed by atoms with Gasteiger partial charge >= 0.3 is 0 Å². The highest BCUT2D eigenvalue weighted by Gasteiger charge is 2.36. The van der Waals surface area contributed by atoms with Gasteiger partial charge in [0.25, 0.3) is 11.5 Å². The van der Waals surface area contributed by atoms with Gasteiger partial charge in [0.15, 0.2) is 5.65 Å². The van der Waals surface area contributed by atoms with Crippen molar-refractivity contribution < 1.29 is 9.53 Å². The van der Waals surface area contributed by atoms with Crippen LogP contribution in [0.5, 0.6) is 0 Å². The summed E-state index contributed by atoms with van der Waals surface area (Å²) in [5.74, 6) is 0.409. The number of carbonyl (C=O) groups excluding carboxylic acids is 1. The number of H-pyrrole nitrogens is 1. The van der Waals surface area contributed by atoms with Gasteiger partial charge in [-0.05, 0) is 65.5 Å². The third-order valence-corrected chi connectivity index (χ3v) is 7.27. The van der Waals surface area contributed by atoms with Crippen molar-refractivity contribution >= 4 is 11.6 Å². The van der Waals surface area contributed by atoms with Gasteiger partial charge in [0, 0.05) is 37.2 Å². The molecule has 3 aliphatic heterocycles. The van der Waals surface area contributed by atoms with Crippen LogP contribution in [0.3, 0.4) is 0 Å². The zero-order valence-electron chi connectivity index (χ0n) is 18.5. The predicted octanol–water partition coefficient (Wildman–Crippen LogP) is 2.45. The van der Waals surface area contributed by atoms with E-state index in [0.29, 0.717) is 24.2 Å². The van der Waals surface area contributed by atoms with Crippen molar-refractivity contribution in [3.05, 3.63) is 33.9 Å². The van der Waals surface area contributed by atoms with Crippen molar-refractivity contribution in [1.29, 1.82) is 0 Å². The molecule has 0 unspecified atom stereocenters.